The molecule has 0 saturated carbocycles. The Morgan fingerprint density at radius 3 is 2.58 bits per heavy atom. The van der Waals surface area contributed by atoms with Crippen molar-refractivity contribution in [1.82, 2.24) is 0 Å². The summed E-state index contributed by atoms with van der Waals surface area (Å²) in [6.07, 6.45) is 3.69. The molecule has 0 N–H and O–H groups in total. The van der Waals surface area contributed by atoms with Gasteiger partial charge in [0.05, 0.1) is 0 Å². The van der Waals surface area contributed by atoms with Gasteiger partial charge in [-0.2, -0.15) is 0 Å². The first-order valence-electron chi connectivity index (χ1n) is 9.33. The summed E-state index contributed by atoms with van der Waals surface area (Å²) in [5.74, 6) is 4.04. The van der Waals surface area contributed by atoms with Crippen LogP contribution >= 0.6 is 0 Å². The third-order valence-electron chi connectivity index (χ3n) is 5.57. The molecular weight excluding hydrogens is 300 g/mol. The third kappa shape index (κ3) is 3.18. The van der Waals surface area contributed by atoms with Crippen LogP contribution in [0.3, 0.4) is 0 Å². The molecule has 0 unspecified atom stereocenters. The zero-order chi connectivity index (χ0) is 17.4. The first kappa shape index (κ1) is 17.3. The van der Waals surface area contributed by atoms with Crippen LogP contribution < -0.4 is 9.47 Å². The lowest BCUT2D eigenvalue weighted by Crippen LogP contribution is -2.21. The van der Waals surface area contributed by atoms with Crippen LogP contribution in [0, 0.1) is 18.8 Å². The molecule has 3 atom stereocenters. The van der Waals surface area contributed by atoms with Gasteiger partial charge in [0.15, 0.2) is 11.5 Å². The molecule has 3 heteroatoms. The van der Waals surface area contributed by atoms with E-state index in [0.29, 0.717) is 49.1 Å². The van der Waals surface area contributed by atoms with Gasteiger partial charge in [0.2, 0.25) is 6.79 Å². The van der Waals surface area contributed by atoms with E-state index in [4.69, 9.17) is 9.47 Å². The lowest BCUT2D eigenvalue weighted by atomic mass is 9.70. The average molecular weight is 330 g/mol. The minimum absolute atomic E-state index is 0.326. The quantitative estimate of drug-likeness (QED) is 0.730. The highest BCUT2D eigenvalue weighted by Crippen LogP contribution is 2.52. The summed E-state index contributed by atoms with van der Waals surface area (Å²) in [6, 6.07) is 2.28. The molecule has 2 aliphatic rings. The molecular formula is C21H30O3. The predicted octanol–water partition coefficient (Wildman–Crippen LogP) is 5.35. The fourth-order valence-electron chi connectivity index (χ4n) is 4.45. The van der Waals surface area contributed by atoms with Gasteiger partial charge in [-0.25, -0.2) is 0 Å². The van der Waals surface area contributed by atoms with Crippen LogP contribution in [-0.4, -0.2) is 12.6 Å². The SMILES string of the molecule is Cc1cc2c(c3c1OCO3)[C@H](C)CC[C@@H]2[C@@H](C)CC(=O)CC(C)C. The normalized spacial score (nSPS) is 23.2. The summed E-state index contributed by atoms with van der Waals surface area (Å²) in [6.45, 7) is 11.2. The van der Waals surface area contributed by atoms with Crippen molar-refractivity contribution in [2.45, 2.75) is 72.1 Å². The monoisotopic (exact) mass is 330 g/mol. The van der Waals surface area contributed by atoms with Crippen LogP contribution in [0.4, 0.5) is 0 Å². The molecule has 1 aliphatic carbocycles. The Morgan fingerprint density at radius 2 is 1.88 bits per heavy atom. The molecule has 24 heavy (non-hydrogen) atoms. The van der Waals surface area contributed by atoms with Crippen LogP contribution in [-0.2, 0) is 4.79 Å². The van der Waals surface area contributed by atoms with E-state index in [2.05, 4.69) is 40.7 Å². The minimum Gasteiger partial charge on any atom is -0.453 e. The number of fused-ring (bicyclic) bond motifs is 3. The van der Waals surface area contributed by atoms with Crippen molar-refractivity contribution in [3.05, 3.63) is 22.8 Å². The summed E-state index contributed by atoms with van der Waals surface area (Å²) in [5.41, 5.74) is 3.87. The van der Waals surface area contributed by atoms with Gasteiger partial charge in [-0.3, -0.25) is 4.79 Å². The second-order valence-electron chi connectivity index (χ2n) is 8.16. The Morgan fingerprint density at radius 1 is 1.17 bits per heavy atom. The summed E-state index contributed by atoms with van der Waals surface area (Å²) >= 11 is 0. The van der Waals surface area contributed by atoms with E-state index < -0.39 is 0 Å². The maximum Gasteiger partial charge on any atom is 0.231 e. The second-order valence-corrected chi connectivity index (χ2v) is 8.16. The zero-order valence-electron chi connectivity index (χ0n) is 15.6. The maximum absolute atomic E-state index is 12.3. The highest BCUT2D eigenvalue weighted by molar-refractivity contribution is 5.79. The number of benzene rings is 1. The van der Waals surface area contributed by atoms with E-state index in [1.54, 1.807) is 0 Å². The predicted molar refractivity (Wildman–Crippen MR) is 95.9 cm³/mol. The van der Waals surface area contributed by atoms with Crippen molar-refractivity contribution in [2.75, 3.05) is 6.79 Å². The number of rotatable bonds is 5. The number of Topliss-reactive ketones (excluding diaryl/α,β-unsaturated/α-hetero) is 1. The zero-order valence-corrected chi connectivity index (χ0v) is 15.6. The van der Waals surface area contributed by atoms with Gasteiger partial charge < -0.3 is 9.47 Å². The van der Waals surface area contributed by atoms with Crippen LogP contribution in [0.2, 0.25) is 0 Å². The lowest BCUT2D eigenvalue weighted by molar-refractivity contribution is -0.120. The molecule has 1 aromatic carbocycles. The summed E-state index contributed by atoms with van der Waals surface area (Å²) in [4.78, 5) is 12.3. The van der Waals surface area contributed by atoms with Crippen LogP contribution in [0.25, 0.3) is 0 Å². The number of hydrogen-bond donors (Lipinski definition) is 0. The molecule has 0 saturated heterocycles. The number of carbonyl (C=O) groups is 1. The van der Waals surface area contributed by atoms with Gasteiger partial charge in [-0.05, 0) is 54.6 Å². The number of carbonyl (C=O) groups excluding carboxylic acids is 1. The van der Waals surface area contributed by atoms with Gasteiger partial charge in [0.25, 0.3) is 0 Å². The molecule has 0 spiro atoms. The number of hydrogen-bond acceptors (Lipinski definition) is 3. The minimum atomic E-state index is 0.326. The van der Waals surface area contributed by atoms with Crippen molar-refractivity contribution < 1.29 is 14.3 Å². The van der Waals surface area contributed by atoms with Crippen molar-refractivity contribution in [2.24, 2.45) is 11.8 Å². The molecule has 0 aromatic heterocycles. The first-order valence-corrected chi connectivity index (χ1v) is 9.33. The number of aryl methyl sites for hydroxylation is 1. The van der Waals surface area contributed by atoms with Crippen LogP contribution in [0.5, 0.6) is 11.5 Å². The Hall–Kier alpha value is -1.51. The average Bonchev–Trinajstić information content (AvgIpc) is 2.96. The molecule has 0 radical (unpaired) electrons. The van der Waals surface area contributed by atoms with Gasteiger partial charge in [-0.15, -0.1) is 0 Å². The van der Waals surface area contributed by atoms with E-state index in [-0.39, 0.29) is 0 Å². The van der Waals surface area contributed by atoms with E-state index >= 15 is 0 Å². The van der Waals surface area contributed by atoms with E-state index in [9.17, 15) is 4.79 Å². The van der Waals surface area contributed by atoms with E-state index in [1.807, 2.05) is 0 Å². The molecule has 1 aromatic rings. The molecule has 0 amide bonds. The second kappa shape index (κ2) is 6.78. The Kier molecular flexibility index (Phi) is 4.89. The van der Waals surface area contributed by atoms with Gasteiger partial charge >= 0.3 is 0 Å². The number of ether oxygens (including phenoxy) is 2. The Balaban J connectivity index is 1.89. The molecule has 3 nitrogen and oxygen atoms in total. The standard InChI is InChI=1S/C21H30O3/c1-12(2)8-16(22)9-14(4)17-7-6-13(3)19-18(17)10-15(5)20-21(19)24-11-23-20/h10,12-14,17H,6-9,11H2,1-5H3/t13-,14+,17-/m1/s1. The van der Waals surface area contributed by atoms with Gasteiger partial charge in [0, 0.05) is 18.4 Å². The van der Waals surface area contributed by atoms with Crippen molar-refractivity contribution >= 4 is 5.78 Å². The Labute approximate surface area is 145 Å². The number of ketones is 1. The molecule has 3 rings (SSSR count). The molecule has 0 fully saturated rings. The third-order valence-corrected chi connectivity index (χ3v) is 5.57. The molecule has 1 aliphatic heterocycles. The van der Waals surface area contributed by atoms with E-state index in [0.717, 1.165) is 29.9 Å². The molecule has 1 heterocycles. The fourth-order valence-corrected chi connectivity index (χ4v) is 4.45. The van der Waals surface area contributed by atoms with Crippen molar-refractivity contribution in [3.63, 3.8) is 0 Å². The van der Waals surface area contributed by atoms with Crippen LogP contribution in [0.1, 0.15) is 81.9 Å². The smallest absolute Gasteiger partial charge is 0.231 e. The largest absolute Gasteiger partial charge is 0.453 e. The fraction of sp³-hybridized carbons (Fsp3) is 0.667. The summed E-state index contributed by atoms with van der Waals surface area (Å²) in [5, 5.41) is 0. The molecule has 132 valence electrons. The van der Waals surface area contributed by atoms with Crippen molar-refractivity contribution in [1.29, 1.82) is 0 Å². The van der Waals surface area contributed by atoms with Gasteiger partial charge in [-0.1, -0.05) is 33.8 Å². The van der Waals surface area contributed by atoms with Crippen LogP contribution in [0.15, 0.2) is 6.07 Å². The summed E-state index contributed by atoms with van der Waals surface area (Å²) in [7, 11) is 0. The van der Waals surface area contributed by atoms with Gasteiger partial charge in [0.1, 0.15) is 5.78 Å². The highest BCUT2D eigenvalue weighted by atomic mass is 16.7. The van der Waals surface area contributed by atoms with E-state index in [1.165, 1.54) is 11.1 Å². The highest BCUT2D eigenvalue weighted by Gasteiger charge is 2.35. The first-order chi connectivity index (χ1) is 11.4. The molecule has 0 bridgehead atoms. The lowest BCUT2D eigenvalue weighted by Gasteiger charge is -2.34. The maximum atomic E-state index is 12.3. The Bertz CT molecular complexity index is 632. The topological polar surface area (TPSA) is 35.5 Å². The van der Waals surface area contributed by atoms with Crippen molar-refractivity contribution in [3.8, 4) is 11.5 Å². The summed E-state index contributed by atoms with van der Waals surface area (Å²) < 4.78 is 11.5.